The summed E-state index contributed by atoms with van der Waals surface area (Å²) in [6.45, 7) is 4.23. The molecule has 0 amide bonds. The topological polar surface area (TPSA) is 49.8 Å². The van der Waals surface area contributed by atoms with Crippen LogP contribution in [-0.2, 0) is 9.53 Å². The predicted octanol–water partition coefficient (Wildman–Crippen LogP) is 0.818. The number of nitrogens with zero attached hydrogens (tertiary/aromatic N) is 1. The Morgan fingerprint density at radius 3 is 3.00 bits per heavy atom. The lowest BCUT2D eigenvalue weighted by atomic mass is 9.98. The van der Waals surface area contributed by atoms with Gasteiger partial charge < -0.3 is 9.84 Å². The van der Waals surface area contributed by atoms with E-state index in [0.29, 0.717) is 5.92 Å². The van der Waals surface area contributed by atoms with Gasteiger partial charge in [0.2, 0.25) is 0 Å². The molecule has 1 aliphatic rings. The van der Waals surface area contributed by atoms with Gasteiger partial charge in [-0.05, 0) is 32.2 Å². The van der Waals surface area contributed by atoms with Gasteiger partial charge in [0.1, 0.15) is 6.04 Å². The number of carboxylic acid groups (broad SMARTS) is 1. The fraction of sp³-hybridized carbons (Fsp3) is 0.900. The van der Waals surface area contributed by atoms with Crippen molar-refractivity contribution in [3.8, 4) is 0 Å². The molecule has 1 heterocycles. The largest absolute Gasteiger partial charge is 0.480 e. The number of aliphatic carboxylic acids is 1. The molecule has 1 rings (SSSR count). The first-order valence-corrected chi connectivity index (χ1v) is 5.11. The molecule has 0 saturated carbocycles. The Balaban J connectivity index is 2.43. The highest BCUT2D eigenvalue weighted by Gasteiger charge is 2.26. The lowest BCUT2D eigenvalue weighted by molar-refractivity contribution is -0.143. The molecule has 1 aliphatic heterocycles. The van der Waals surface area contributed by atoms with Gasteiger partial charge in [-0.2, -0.15) is 0 Å². The summed E-state index contributed by atoms with van der Waals surface area (Å²) < 4.78 is 5.10. The molecule has 1 fully saturated rings. The van der Waals surface area contributed by atoms with Crippen LogP contribution < -0.4 is 0 Å². The predicted molar refractivity (Wildman–Crippen MR) is 53.3 cm³/mol. The Labute approximate surface area is 84.8 Å². The summed E-state index contributed by atoms with van der Waals surface area (Å²) in [6.07, 6.45) is 2.22. The number of methoxy groups -OCH3 is 1. The Hall–Kier alpha value is -0.610. The molecule has 82 valence electrons. The van der Waals surface area contributed by atoms with Crippen LogP contribution in [-0.4, -0.2) is 48.8 Å². The second-order valence-electron chi connectivity index (χ2n) is 3.97. The molecule has 0 aromatic heterocycles. The average Bonchev–Trinajstić information content (AvgIpc) is 2.17. The fourth-order valence-corrected chi connectivity index (χ4v) is 1.98. The minimum atomic E-state index is -0.733. The van der Waals surface area contributed by atoms with Crippen LogP contribution in [0.2, 0.25) is 0 Å². The van der Waals surface area contributed by atoms with Crippen molar-refractivity contribution in [3.63, 3.8) is 0 Å². The lowest BCUT2D eigenvalue weighted by Gasteiger charge is -2.34. The zero-order valence-corrected chi connectivity index (χ0v) is 8.90. The molecule has 2 atom stereocenters. The standard InChI is InChI=1S/C10H19NO3/c1-8(10(12)13)11-5-3-4-9(6-11)7-14-2/h8-9H,3-7H2,1-2H3,(H,12,13). The normalized spacial score (nSPS) is 26.0. The molecule has 0 radical (unpaired) electrons. The molecule has 0 spiro atoms. The number of hydrogen-bond donors (Lipinski definition) is 1. The number of likely N-dealkylation sites (tertiary alicyclic amines) is 1. The second kappa shape index (κ2) is 5.32. The maximum absolute atomic E-state index is 10.8. The van der Waals surface area contributed by atoms with E-state index in [1.54, 1.807) is 14.0 Å². The first-order valence-electron chi connectivity index (χ1n) is 5.11. The maximum atomic E-state index is 10.8. The smallest absolute Gasteiger partial charge is 0.320 e. The van der Waals surface area contributed by atoms with Gasteiger partial charge in [-0.15, -0.1) is 0 Å². The monoisotopic (exact) mass is 201 g/mol. The molecule has 0 bridgehead atoms. The third-order valence-corrected chi connectivity index (χ3v) is 2.86. The Kier molecular flexibility index (Phi) is 4.35. The van der Waals surface area contributed by atoms with Crippen molar-refractivity contribution in [2.24, 2.45) is 5.92 Å². The zero-order valence-electron chi connectivity index (χ0n) is 8.90. The van der Waals surface area contributed by atoms with Gasteiger partial charge in [-0.3, -0.25) is 9.69 Å². The number of carbonyl (C=O) groups is 1. The van der Waals surface area contributed by atoms with Crippen LogP contribution in [0.15, 0.2) is 0 Å². The van der Waals surface area contributed by atoms with E-state index in [0.717, 1.165) is 32.5 Å². The number of piperidine rings is 1. The van der Waals surface area contributed by atoms with Gasteiger partial charge in [-0.25, -0.2) is 0 Å². The van der Waals surface area contributed by atoms with Crippen molar-refractivity contribution in [1.82, 2.24) is 4.90 Å². The van der Waals surface area contributed by atoms with Crippen LogP contribution in [0.25, 0.3) is 0 Å². The summed E-state index contributed by atoms with van der Waals surface area (Å²) in [5.41, 5.74) is 0. The van der Waals surface area contributed by atoms with E-state index >= 15 is 0 Å². The number of rotatable bonds is 4. The zero-order chi connectivity index (χ0) is 10.6. The summed E-state index contributed by atoms with van der Waals surface area (Å²) in [6, 6.07) is -0.366. The van der Waals surface area contributed by atoms with Crippen molar-refractivity contribution in [3.05, 3.63) is 0 Å². The summed E-state index contributed by atoms with van der Waals surface area (Å²) in [5, 5.41) is 8.88. The maximum Gasteiger partial charge on any atom is 0.320 e. The van der Waals surface area contributed by atoms with Crippen molar-refractivity contribution in [2.45, 2.75) is 25.8 Å². The minimum Gasteiger partial charge on any atom is -0.480 e. The van der Waals surface area contributed by atoms with Crippen LogP contribution in [0.1, 0.15) is 19.8 Å². The average molecular weight is 201 g/mol. The van der Waals surface area contributed by atoms with E-state index in [4.69, 9.17) is 9.84 Å². The molecule has 2 unspecified atom stereocenters. The number of carboxylic acids is 1. The SMILES string of the molecule is COCC1CCCN(C(C)C(=O)O)C1. The van der Waals surface area contributed by atoms with Crippen LogP contribution in [0.4, 0.5) is 0 Å². The molecule has 14 heavy (non-hydrogen) atoms. The summed E-state index contributed by atoms with van der Waals surface area (Å²) in [7, 11) is 1.69. The molecular weight excluding hydrogens is 182 g/mol. The first kappa shape index (κ1) is 11.5. The lowest BCUT2D eigenvalue weighted by Crippen LogP contribution is -2.45. The van der Waals surface area contributed by atoms with Gasteiger partial charge in [0, 0.05) is 13.7 Å². The van der Waals surface area contributed by atoms with Crippen LogP contribution >= 0.6 is 0 Å². The van der Waals surface area contributed by atoms with E-state index in [2.05, 4.69) is 0 Å². The molecule has 0 aromatic carbocycles. The molecule has 1 N–H and O–H groups in total. The molecule has 0 aromatic rings. The number of hydrogen-bond acceptors (Lipinski definition) is 3. The van der Waals surface area contributed by atoms with E-state index in [9.17, 15) is 4.79 Å². The van der Waals surface area contributed by atoms with E-state index in [1.807, 2.05) is 4.90 Å². The summed E-state index contributed by atoms with van der Waals surface area (Å²) in [5.74, 6) is -0.237. The first-order chi connectivity index (χ1) is 6.65. The Bertz CT molecular complexity index is 194. The van der Waals surface area contributed by atoms with Crippen molar-refractivity contribution < 1.29 is 14.6 Å². The van der Waals surface area contributed by atoms with Crippen LogP contribution in [0.5, 0.6) is 0 Å². The summed E-state index contributed by atoms with van der Waals surface area (Å²) in [4.78, 5) is 12.8. The molecule has 4 nitrogen and oxygen atoms in total. The fourth-order valence-electron chi connectivity index (χ4n) is 1.98. The van der Waals surface area contributed by atoms with Crippen molar-refractivity contribution in [2.75, 3.05) is 26.8 Å². The molecule has 4 heteroatoms. The van der Waals surface area contributed by atoms with Crippen molar-refractivity contribution >= 4 is 5.97 Å². The van der Waals surface area contributed by atoms with Gasteiger partial charge in [0.25, 0.3) is 0 Å². The second-order valence-corrected chi connectivity index (χ2v) is 3.97. The van der Waals surface area contributed by atoms with E-state index < -0.39 is 5.97 Å². The highest BCUT2D eigenvalue weighted by atomic mass is 16.5. The van der Waals surface area contributed by atoms with Crippen LogP contribution in [0.3, 0.4) is 0 Å². The molecule has 1 saturated heterocycles. The van der Waals surface area contributed by atoms with E-state index in [-0.39, 0.29) is 6.04 Å². The van der Waals surface area contributed by atoms with Gasteiger partial charge in [0.05, 0.1) is 6.61 Å². The van der Waals surface area contributed by atoms with E-state index in [1.165, 1.54) is 0 Å². The molecular formula is C10H19NO3. The molecule has 0 aliphatic carbocycles. The highest BCUT2D eigenvalue weighted by Crippen LogP contribution is 2.18. The van der Waals surface area contributed by atoms with Crippen LogP contribution in [0, 0.1) is 5.92 Å². The van der Waals surface area contributed by atoms with Gasteiger partial charge in [0.15, 0.2) is 0 Å². The quantitative estimate of drug-likeness (QED) is 0.731. The Morgan fingerprint density at radius 2 is 2.43 bits per heavy atom. The highest BCUT2D eigenvalue weighted by molar-refractivity contribution is 5.72. The minimum absolute atomic E-state index is 0.366. The number of ether oxygens (including phenoxy) is 1. The summed E-state index contributed by atoms with van der Waals surface area (Å²) >= 11 is 0. The Morgan fingerprint density at radius 1 is 1.71 bits per heavy atom. The third-order valence-electron chi connectivity index (χ3n) is 2.86. The van der Waals surface area contributed by atoms with Gasteiger partial charge >= 0.3 is 5.97 Å². The third kappa shape index (κ3) is 2.96. The van der Waals surface area contributed by atoms with Gasteiger partial charge in [-0.1, -0.05) is 0 Å². The van der Waals surface area contributed by atoms with Crippen molar-refractivity contribution in [1.29, 1.82) is 0 Å².